The first-order valence-electron chi connectivity index (χ1n) is 8.32. The van der Waals surface area contributed by atoms with Crippen molar-refractivity contribution in [2.24, 2.45) is 0 Å². The summed E-state index contributed by atoms with van der Waals surface area (Å²) in [5.41, 5.74) is 1.71. The molecule has 7 nitrogen and oxygen atoms in total. The first-order chi connectivity index (χ1) is 12.7. The van der Waals surface area contributed by atoms with Gasteiger partial charge in [0.1, 0.15) is 12.6 Å². The molecule has 0 fully saturated rings. The quantitative estimate of drug-likeness (QED) is 0.761. The van der Waals surface area contributed by atoms with Crippen molar-refractivity contribution in [2.45, 2.75) is 24.9 Å². The van der Waals surface area contributed by atoms with E-state index in [1.165, 1.54) is 11.8 Å². The van der Waals surface area contributed by atoms with Gasteiger partial charge in [-0.2, -0.15) is 0 Å². The highest BCUT2D eigenvalue weighted by atomic mass is 16.5. The van der Waals surface area contributed by atoms with Crippen molar-refractivity contribution in [3.05, 3.63) is 72.1 Å². The zero-order valence-corrected chi connectivity index (χ0v) is 14.4. The molecule has 0 spiro atoms. The van der Waals surface area contributed by atoms with Gasteiger partial charge in [0.15, 0.2) is 0 Å². The fourth-order valence-electron chi connectivity index (χ4n) is 2.74. The number of methoxy groups -OCH3 is 1. The summed E-state index contributed by atoms with van der Waals surface area (Å²) in [6.07, 6.45) is 9.99. The summed E-state index contributed by atoms with van der Waals surface area (Å²) in [5.74, 6) is -0.722. The number of esters is 1. The van der Waals surface area contributed by atoms with Crippen LogP contribution in [0.25, 0.3) is 0 Å². The number of carbonyl (C=O) groups is 2. The van der Waals surface area contributed by atoms with Gasteiger partial charge in [0.2, 0.25) is 5.91 Å². The van der Waals surface area contributed by atoms with Crippen LogP contribution in [0.4, 0.5) is 0 Å². The third-order valence-electron chi connectivity index (χ3n) is 4.06. The third-order valence-corrected chi connectivity index (χ3v) is 4.06. The Morgan fingerprint density at radius 3 is 2.65 bits per heavy atom. The van der Waals surface area contributed by atoms with E-state index in [-0.39, 0.29) is 18.4 Å². The van der Waals surface area contributed by atoms with Crippen LogP contribution in [0.15, 0.2) is 60.8 Å². The molecule has 0 unspecified atom stereocenters. The second-order valence-electron chi connectivity index (χ2n) is 5.97. The van der Waals surface area contributed by atoms with Gasteiger partial charge in [-0.05, 0) is 5.56 Å². The van der Waals surface area contributed by atoms with Gasteiger partial charge >= 0.3 is 5.97 Å². The zero-order valence-electron chi connectivity index (χ0n) is 14.4. The number of hydrogen-bond acceptors (Lipinski definition) is 5. The number of aromatic nitrogens is 3. The SMILES string of the molecule is COC(=O)[C@H](Cc1ccccc1)NC(=O)Cn1cc(C2C=CC=C2)nn1. The van der Waals surface area contributed by atoms with Crippen molar-refractivity contribution in [3.63, 3.8) is 0 Å². The van der Waals surface area contributed by atoms with Crippen molar-refractivity contribution < 1.29 is 14.3 Å². The molecule has 0 radical (unpaired) electrons. The minimum Gasteiger partial charge on any atom is -0.467 e. The highest BCUT2D eigenvalue weighted by Gasteiger charge is 2.22. The lowest BCUT2D eigenvalue weighted by atomic mass is 10.1. The second kappa shape index (κ2) is 8.24. The average Bonchev–Trinajstić information content (AvgIpc) is 3.33. The topological polar surface area (TPSA) is 86.1 Å². The Morgan fingerprint density at radius 2 is 1.96 bits per heavy atom. The molecule has 0 bridgehead atoms. The molecule has 1 aliphatic carbocycles. The van der Waals surface area contributed by atoms with E-state index in [0.29, 0.717) is 6.42 Å². The number of nitrogens with one attached hydrogen (secondary N) is 1. The summed E-state index contributed by atoms with van der Waals surface area (Å²) in [6.45, 7) is -0.0184. The van der Waals surface area contributed by atoms with Gasteiger partial charge < -0.3 is 10.1 Å². The van der Waals surface area contributed by atoms with E-state index in [1.807, 2.05) is 54.6 Å². The predicted molar refractivity (Wildman–Crippen MR) is 95.1 cm³/mol. The van der Waals surface area contributed by atoms with Gasteiger partial charge in [0.05, 0.1) is 12.8 Å². The van der Waals surface area contributed by atoms with Crippen LogP contribution in [-0.4, -0.2) is 40.0 Å². The molecular formula is C19H20N4O3. The highest BCUT2D eigenvalue weighted by Crippen LogP contribution is 2.20. The number of ether oxygens (including phenoxy) is 1. The minimum atomic E-state index is -0.751. The highest BCUT2D eigenvalue weighted by molar-refractivity contribution is 5.84. The van der Waals surface area contributed by atoms with Gasteiger partial charge in [-0.15, -0.1) is 5.10 Å². The molecule has 2 aromatic rings. The first kappa shape index (κ1) is 17.6. The summed E-state index contributed by atoms with van der Waals surface area (Å²) < 4.78 is 6.26. The molecule has 3 rings (SSSR count). The first-order valence-corrected chi connectivity index (χ1v) is 8.32. The lowest BCUT2D eigenvalue weighted by Crippen LogP contribution is -2.44. The van der Waals surface area contributed by atoms with Crippen LogP contribution >= 0.6 is 0 Å². The summed E-state index contributed by atoms with van der Waals surface area (Å²) >= 11 is 0. The normalized spacial score (nSPS) is 14.3. The van der Waals surface area contributed by atoms with Crippen molar-refractivity contribution in [1.29, 1.82) is 0 Å². The van der Waals surface area contributed by atoms with Crippen LogP contribution in [-0.2, 0) is 27.3 Å². The number of allylic oxidation sites excluding steroid dienone is 4. The van der Waals surface area contributed by atoms with Gasteiger partial charge in [-0.1, -0.05) is 59.8 Å². The molecule has 0 saturated heterocycles. The van der Waals surface area contributed by atoms with E-state index in [9.17, 15) is 9.59 Å². The Morgan fingerprint density at radius 1 is 1.23 bits per heavy atom. The maximum Gasteiger partial charge on any atom is 0.328 e. The van der Waals surface area contributed by atoms with Crippen LogP contribution in [0.2, 0.25) is 0 Å². The Hall–Kier alpha value is -3.22. The van der Waals surface area contributed by atoms with E-state index in [2.05, 4.69) is 15.6 Å². The number of carbonyl (C=O) groups excluding carboxylic acids is 2. The Balaban J connectivity index is 1.61. The molecule has 1 aliphatic rings. The van der Waals surface area contributed by atoms with Gasteiger partial charge in [-0.3, -0.25) is 4.79 Å². The van der Waals surface area contributed by atoms with Gasteiger partial charge in [-0.25, -0.2) is 9.48 Å². The van der Waals surface area contributed by atoms with Crippen LogP contribution in [0.3, 0.4) is 0 Å². The molecule has 1 atom stereocenters. The summed E-state index contributed by atoms with van der Waals surface area (Å²) in [6, 6.07) is 8.70. The van der Waals surface area contributed by atoms with Crippen LogP contribution in [0, 0.1) is 0 Å². The fourth-order valence-corrected chi connectivity index (χ4v) is 2.74. The van der Waals surface area contributed by atoms with E-state index >= 15 is 0 Å². The Labute approximate surface area is 151 Å². The molecule has 1 aromatic heterocycles. The molecule has 1 N–H and O–H groups in total. The number of rotatable bonds is 7. The molecule has 134 valence electrons. The third kappa shape index (κ3) is 4.44. The van der Waals surface area contributed by atoms with E-state index in [4.69, 9.17) is 4.74 Å². The lowest BCUT2D eigenvalue weighted by molar-refractivity contribution is -0.145. The number of nitrogens with zero attached hydrogens (tertiary/aromatic N) is 3. The monoisotopic (exact) mass is 352 g/mol. The van der Waals surface area contributed by atoms with Gasteiger partial charge in [0, 0.05) is 18.5 Å². The Kier molecular flexibility index (Phi) is 5.58. The zero-order chi connectivity index (χ0) is 18.4. The van der Waals surface area contributed by atoms with E-state index in [1.54, 1.807) is 6.20 Å². The second-order valence-corrected chi connectivity index (χ2v) is 5.97. The number of hydrogen-bond donors (Lipinski definition) is 1. The largest absolute Gasteiger partial charge is 0.467 e. The average molecular weight is 352 g/mol. The molecule has 26 heavy (non-hydrogen) atoms. The fraction of sp³-hybridized carbons (Fsp3) is 0.263. The molecule has 0 aliphatic heterocycles. The predicted octanol–water partition coefficient (Wildman–Crippen LogP) is 1.39. The smallest absolute Gasteiger partial charge is 0.328 e. The summed E-state index contributed by atoms with van der Waals surface area (Å²) in [7, 11) is 1.30. The molecule has 7 heteroatoms. The van der Waals surface area contributed by atoms with E-state index in [0.717, 1.165) is 11.3 Å². The van der Waals surface area contributed by atoms with Crippen LogP contribution in [0.1, 0.15) is 17.2 Å². The lowest BCUT2D eigenvalue weighted by Gasteiger charge is -2.16. The van der Waals surface area contributed by atoms with Crippen LogP contribution < -0.4 is 5.32 Å². The van der Waals surface area contributed by atoms with Crippen molar-refractivity contribution in [2.75, 3.05) is 7.11 Å². The van der Waals surface area contributed by atoms with E-state index < -0.39 is 12.0 Å². The number of benzene rings is 1. The molecule has 1 amide bonds. The van der Waals surface area contributed by atoms with Crippen LogP contribution in [0.5, 0.6) is 0 Å². The maximum absolute atomic E-state index is 12.3. The van der Waals surface area contributed by atoms with Crippen molar-refractivity contribution in [3.8, 4) is 0 Å². The summed E-state index contributed by atoms with van der Waals surface area (Å²) in [4.78, 5) is 24.3. The minimum absolute atomic E-state index is 0.0184. The van der Waals surface area contributed by atoms with Gasteiger partial charge in [0.25, 0.3) is 0 Å². The van der Waals surface area contributed by atoms with Crippen molar-refractivity contribution in [1.82, 2.24) is 20.3 Å². The standard InChI is InChI=1S/C19H20N4O3/c1-26-19(25)16(11-14-7-3-2-4-8-14)20-18(24)13-23-12-17(21-22-23)15-9-5-6-10-15/h2-10,12,15-16H,11,13H2,1H3,(H,20,24)/t16-/m0/s1. The molecule has 1 aromatic carbocycles. The molecule has 1 heterocycles. The molecule has 0 saturated carbocycles. The maximum atomic E-state index is 12.3. The van der Waals surface area contributed by atoms with Crippen molar-refractivity contribution >= 4 is 11.9 Å². The number of amides is 1. The summed E-state index contributed by atoms with van der Waals surface area (Å²) in [5, 5.41) is 10.8. The molecular weight excluding hydrogens is 332 g/mol. The Bertz CT molecular complexity index is 814.